The first kappa shape index (κ1) is 25.1. The lowest BCUT2D eigenvalue weighted by Crippen LogP contribution is -2.42. The van der Waals surface area contributed by atoms with E-state index in [0.29, 0.717) is 25.8 Å². The van der Waals surface area contributed by atoms with Crippen molar-refractivity contribution in [2.24, 2.45) is 0 Å². The van der Waals surface area contributed by atoms with Gasteiger partial charge in [-0.05, 0) is 35.1 Å². The molecule has 0 saturated heterocycles. The largest absolute Gasteiger partial charge is 0.477 e. The second-order valence-electron chi connectivity index (χ2n) is 8.20. The van der Waals surface area contributed by atoms with E-state index in [9.17, 15) is 23.2 Å². The highest BCUT2D eigenvalue weighted by Crippen LogP contribution is 2.44. The molecule has 0 spiro atoms. The van der Waals surface area contributed by atoms with E-state index in [4.69, 9.17) is 9.84 Å². The number of hydrogen-bond donors (Lipinski definition) is 3. The Morgan fingerprint density at radius 1 is 0.882 bits per heavy atom. The van der Waals surface area contributed by atoms with E-state index in [1.54, 1.807) is 0 Å². The fraction of sp³-hybridized carbons (Fsp3) is 0.400. The summed E-state index contributed by atoms with van der Waals surface area (Å²) < 4.78 is 31.3. The maximum Gasteiger partial charge on any atom is 0.407 e. The van der Waals surface area contributed by atoms with Crippen molar-refractivity contribution >= 4 is 18.0 Å². The van der Waals surface area contributed by atoms with Crippen molar-refractivity contribution in [3.05, 3.63) is 59.7 Å². The topological polar surface area (TPSA) is 105 Å². The van der Waals surface area contributed by atoms with Crippen LogP contribution in [0.4, 0.5) is 13.6 Å². The number of aliphatic carboxylic acids is 1. The third-order valence-corrected chi connectivity index (χ3v) is 5.76. The summed E-state index contributed by atoms with van der Waals surface area (Å²) in [4.78, 5) is 33.9. The average Bonchev–Trinajstić information content (AvgIpc) is 3.14. The molecule has 2 aromatic rings. The lowest BCUT2D eigenvalue weighted by molar-refractivity contribution is -0.164. The number of benzene rings is 2. The number of ether oxygens (including phenoxy) is 1. The summed E-state index contributed by atoms with van der Waals surface area (Å²) in [7, 11) is 0. The smallest absolute Gasteiger partial charge is 0.407 e. The molecule has 0 atom stereocenters. The van der Waals surface area contributed by atoms with Crippen LogP contribution < -0.4 is 10.6 Å². The van der Waals surface area contributed by atoms with E-state index in [-0.39, 0.29) is 18.9 Å². The minimum absolute atomic E-state index is 0.000236. The predicted molar refractivity (Wildman–Crippen MR) is 122 cm³/mol. The van der Waals surface area contributed by atoms with Gasteiger partial charge in [-0.3, -0.25) is 4.79 Å². The van der Waals surface area contributed by atoms with E-state index in [2.05, 4.69) is 29.6 Å². The highest BCUT2D eigenvalue weighted by molar-refractivity contribution is 5.80. The Balaban J connectivity index is 1.28. The molecule has 0 radical (unpaired) electrons. The first-order valence-corrected chi connectivity index (χ1v) is 11.3. The number of carboxylic acids is 1. The SMILES string of the molecule is O=C(CCCCCCNC(=O)OCC1c2ccccc2-c2ccccc21)NCC(F)(F)C(=O)O. The summed E-state index contributed by atoms with van der Waals surface area (Å²) in [5.41, 5.74) is 4.62. The molecule has 7 nitrogen and oxygen atoms in total. The molecule has 0 bridgehead atoms. The fourth-order valence-corrected chi connectivity index (χ4v) is 3.98. The highest BCUT2D eigenvalue weighted by atomic mass is 19.3. The number of carboxylic acid groups (broad SMARTS) is 1. The molecule has 3 N–H and O–H groups in total. The van der Waals surface area contributed by atoms with E-state index in [0.717, 1.165) is 28.7 Å². The van der Waals surface area contributed by atoms with Crippen molar-refractivity contribution < 1.29 is 33.0 Å². The van der Waals surface area contributed by atoms with Gasteiger partial charge in [-0.15, -0.1) is 0 Å². The molecular formula is C25H28F2N2O5. The number of fused-ring (bicyclic) bond motifs is 3. The van der Waals surface area contributed by atoms with Gasteiger partial charge >= 0.3 is 18.0 Å². The van der Waals surface area contributed by atoms with Crippen LogP contribution in [0, 0.1) is 0 Å². The van der Waals surface area contributed by atoms with Gasteiger partial charge in [-0.2, -0.15) is 8.78 Å². The standard InChI is InChI=1S/C25H28F2N2O5/c26-25(27,23(31)32)16-29-22(30)13-3-1-2-8-14-28-24(33)34-15-21-19-11-6-4-9-17(19)18-10-5-7-12-20(18)21/h4-7,9-12,21H,1-3,8,13-16H2,(H,28,33)(H,29,30)(H,31,32). The number of alkyl halides is 2. The van der Waals surface area contributed by atoms with Crippen molar-refractivity contribution in [2.75, 3.05) is 19.7 Å². The maximum atomic E-state index is 12.9. The molecule has 1 aliphatic rings. The molecule has 0 aromatic heterocycles. The van der Waals surface area contributed by atoms with Crippen LogP contribution in [0.15, 0.2) is 48.5 Å². The van der Waals surface area contributed by atoms with E-state index in [1.165, 1.54) is 0 Å². The average molecular weight is 475 g/mol. The Hall–Kier alpha value is -3.49. The number of amides is 2. The molecule has 0 unspecified atom stereocenters. The van der Waals surface area contributed by atoms with Crippen LogP contribution in [0.2, 0.25) is 0 Å². The molecular weight excluding hydrogens is 446 g/mol. The number of carbonyl (C=O) groups excluding carboxylic acids is 2. The Kier molecular flexibility index (Phi) is 8.56. The first-order chi connectivity index (χ1) is 16.3. The molecule has 0 saturated carbocycles. The normalized spacial score (nSPS) is 12.5. The highest BCUT2D eigenvalue weighted by Gasteiger charge is 2.38. The summed E-state index contributed by atoms with van der Waals surface area (Å²) in [6.45, 7) is -0.547. The van der Waals surface area contributed by atoms with Crippen molar-refractivity contribution in [1.29, 1.82) is 0 Å². The zero-order chi connectivity index (χ0) is 24.6. The van der Waals surface area contributed by atoms with E-state index in [1.807, 2.05) is 29.6 Å². The van der Waals surface area contributed by atoms with E-state index >= 15 is 0 Å². The van der Waals surface area contributed by atoms with Gasteiger partial charge in [0.15, 0.2) is 0 Å². The van der Waals surface area contributed by atoms with E-state index < -0.39 is 30.4 Å². The Bertz CT molecular complexity index is 982. The van der Waals surface area contributed by atoms with Crippen molar-refractivity contribution in [3.8, 4) is 11.1 Å². The summed E-state index contributed by atoms with van der Waals surface area (Å²) in [6, 6.07) is 16.2. The van der Waals surface area contributed by atoms with Crippen LogP contribution in [0.5, 0.6) is 0 Å². The molecule has 2 aromatic carbocycles. The zero-order valence-corrected chi connectivity index (χ0v) is 18.7. The molecule has 0 heterocycles. The van der Waals surface area contributed by atoms with Crippen molar-refractivity contribution in [3.63, 3.8) is 0 Å². The second-order valence-corrected chi connectivity index (χ2v) is 8.20. The molecule has 34 heavy (non-hydrogen) atoms. The van der Waals surface area contributed by atoms with Gasteiger partial charge in [0.2, 0.25) is 5.91 Å². The summed E-state index contributed by atoms with van der Waals surface area (Å²) >= 11 is 0. The number of rotatable bonds is 12. The van der Waals surface area contributed by atoms with Crippen LogP contribution in [-0.2, 0) is 14.3 Å². The Morgan fingerprint density at radius 3 is 2.09 bits per heavy atom. The third-order valence-electron chi connectivity index (χ3n) is 5.76. The molecule has 2 amide bonds. The number of alkyl carbamates (subject to hydrolysis) is 1. The van der Waals surface area contributed by atoms with Crippen molar-refractivity contribution in [2.45, 2.75) is 43.9 Å². The number of nitrogens with one attached hydrogen (secondary N) is 2. The Morgan fingerprint density at radius 2 is 1.47 bits per heavy atom. The van der Waals surface area contributed by atoms with Gasteiger partial charge in [0.25, 0.3) is 0 Å². The van der Waals surface area contributed by atoms with Crippen LogP contribution in [0.1, 0.15) is 49.1 Å². The molecule has 1 aliphatic carbocycles. The van der Waals surface area contributed by atoms with Gasteiger partial charge in [0, 0.05) is 18.9 Å². The van der Waals surface area contributed by atoms with Crippen molar-refractivity contribution in [1.82, 2.24) is 10.6 Å². The minimum atomic E-state index is -3.97. The second kappa shape index (κ2) is 11.6. The molecule has 3 rings (SSSR count). The minimum Gasteiger partial charge on any atom is -0.477 e. The number of hydrogen-bond acceptors (Lipinski definition) is 4. The van der Waals surface area contributed by atoms with Crippen LogP contribution in [-0.4, -0.2) is 48.7 Å². The van der Waals surface area contributed by atoms with Gasteiger partial charge in [0.05, 0.1) is 6.54 Å². The van der Waals surface area contributed by atoms with Gasteiger partial charge in [-0.25, -0.2) is 9.59 Å². The predicted octanol–water partition coefficient (Wildman–Crippen LogP) is 4.31. The zero-order valence-electron chi connectivity index (χ0n) is 18.7. The summed E-state index contributed by atoms with van der Waals surface area (Å²) in [5.74, 6) is -6.85. The maximum absolute atomic E-state index is 12.9. The lowest BCUT2D eigenvalue weighted by Gasteiger charge is -2.14. The lowest BCUT2D eigenvalue weighted by atomic mass is 9.98. The molecule has 182 valence electrons. The first-order valence-electron chi connectivity index (χ1n) is 11.3. The summed E-state index contributed by atoms with van der Waals surface area (Å²) in [5, 5.41) is 13.0. The third kappa shape index (κ3) is 6.52. The monoisotopic (exact) mass is 474 g/mol. The van der Waals surface area contributed by atoms with Crippen LogP contribution >= 0.6 is 0 Å². The van der Waals surface area contributed by atoms with Crippen LogP contribution in [0.3, 0.4) is 0 Å². The Labute approximate surface area is 196 Å². The van der Waals surface area contributed by atoms with Crippen LogP contribution in [0.25, 0.3) is 11.1 Å². The number of carbonyl (C=O) groups is 3. The fourth-order valence-electron chi connectivity index (χ4n) is 3.98. The van der Waals surface area contributed by atoms with Gasteiger partial charge in [0.1, 0.15) is 6.61 Å². The summed E-state index contributed by atoms with van der Waals surface area (Å²) in [6.07, 6.45) is 2.13. The van der Waals surface area contributed by atoms with Gasteiger partial charge < -0.3 is 20.5 Å². The van der Waals surface area contributed by atoms with Gasteiger partial charge in [-0.1, -0.05) is 61.4 Å². The molecule has 0 aliphatic heterocycles. The molecule has 0 fully saturated rings. The number of halogens is 2. The quantitative estimate of drug-likeness (QED) is 0.398. The number of unbranched alkanes of at least 4 members (excludes halogenated alkanes) is 3. The molecule has 9 heteroatoms.